The molecule has 1 amide bonds. The molecule has 0 aliphatic heterocycles. The van der Waals surface area contributed by atoms with Gasteiger partial charge < -0.3 is 15.6 Å². The van der Waals surface area contributed by atoms with Gasteiger partial charge in [0.15, 0.2) is 0 Å². The van der Waals surface area contributed by atoms with Gasteiger partial charge in [-0.05, 0) is 0 Å². The summed E-state index contributed by atoms with van der Waals surface area (Å²) in [5.41, 5.74) is 3.92. The van der Waals surface area contributed by atoms with Crippen molar-refractivity contribution in [3.63, 3.8) is 0 Å². The minimum atomic E-state index is -1.58. The minimum Gasteiger partial charge on any atom is -0.530 e. The third kappa shape index (κ3) is 154000. The SMILES string of the molecule is NC(=O)[O-].[Ag+]. The Labute approximate surface area is 44.7 Å². The van der Waals surface area contributed by atoms with E-state index in [9.17, 15) is 0 Å². The first kappa shape index (κ1) is 8.89. The summed E-state index contributed by atoms with van der Waals surface area (Å²) in [6, 6.07) is 0. The number of rotatable bonds is 0. The van der Waals surface area contributed by atoms with Gasteiger partial charge >= 0.3 is 22.4 Å². The fraction of sp³-hybridized carbons (Fsp3) is 0. The zero-order valence-corrected chi connectivity index (χ0v) is 3.68. The smallest absolute Gasteiger partial charge is 0.530 e. The fourth-order valence-corrected chi connectivity index (χ4v) is 0. The number of carbonyl (C=O) groups excluding carboxylic acids is 1. The van der Waals surface area contributed by atoms with E-state index in [-0.39, 0.29) is 22.4 Å². The number of primary amides is 1. The Kier molecular flexibility index (Phi) is 7.13. The van der Waals surface area contributed by atoms with E-state index in [2.05, 4.69) is 5.73 Å². The topological polar surface area (TPSA) is 66.2 Å². The molecule has 0 saturated carbocycles. The molecule has 5 heavy (non-hydrogen) atoms. The molecule has 3 nitrogen and oxygen atoms in total. The second-order valence-electron chi connectivity index (χ2n) is 0.319. The largest absolute Gasteiger partial charge is 1.00 e. The molecule has 0 saturated heterocycles. The molecule has 0 aliphatic rings. The predicted octanol–water partition coefficient (Wildman–Crippen LogP) is -1.71. The van der Waals surface area contributed by atoms with Crippen LogP contribution in [0, 0.1) is 0 Å². The quantitative estimate of drug-likeness (QED) is 0.437. The minimum absolute atomic E-state index is 0. The maximum atomic E-state index is 8.67. The van der Waals surface area contributed by atoms with Crippen molar-refractivity contribution in [2.24, 2.45) is 5.73 Å². The standard InChI is InChI=1S/CH3NO2.Ag/c2-1(3)4;/h2H2,(H,3,4);/q;+1/p-1. The van der Waals surface area contributed by atoms with Crippen LogP contribution in [0.2, 0.25) is 0 Å². The first-order chi connectivity index (χ1) is 1.73. The molecule has 0 spiro atoms. The molecule has 0 aromatic heterocycles. The molecule has 0 aromatic rings. The van der Waals surface area contributed by atoms with E-state index in [0.29, 0.717) is 0 Å². The number of hydrogen-bond donors (Lipinski definition) is 1. The first-order valence-electron chi connectivity index (χ1n) is 0.697. The van der Waals surface area contributed by atoms with Crippen LogP contribution >= 0.6 is 0 Å². The summed E-state index contributed by atoms with van der Waals surface area (Å²) in [6.07, 6.45) is -1.58. The van der Waals surface area contributed by atoms with Gasteiger partial charge in [-0.15, -0.1) is 0 Å². The van der Waals surface area contributed by atoms with Gasteiger partial charge in [-0.25, -0.2) is 0 Å². The van der Waals surface area contributed by atoms with Crippen LogP contribution in [0.1, 0.15) is 0 Å². The third-order valence-corrected chi connectivity index (χ3v) is 0. The zero-order valence-electron chi connectivity index (χ0n) is 2.20. The second-order valence-corrected chi connectivity index (χ2v) is 0.319. The molecule has 0 aliphatic carbocycles. The van der Waals surface area contributed by atoms with Crippen molar-refractivity contribution in [1.82, 2.24) is 0 Å². The molecule has 34 valence electrons. The van der Waals surface area contributed by atoms with Crippen LogP contribution in [-0.2, 0) is 22.4 Å². The van der Waals surface area contributed by atoms with Crippen LogP contribution in [0.4, 0.5) is 4.79 Å². The first-order valence-corrected chi connectivity index (χ1v) is 0.697. The van der Waals surface area contributed by atoms with Crippen molar-refractivity contribution in [2.75, 3.05) is 0 Å². The average Bonchev–Trinajstić information content (AvgIpc) is 0.811. The summed E-state index contributed by atoms with van der Waals surface area (Å²) in [6.45, 7) is 0. The molecule has 0 rings (SSSR count). The summed E-state index contributed by atoms with van der Waals surface area (Å²) in [5.74, 6) is 0. The van der Waals surface area contributed by atoms with Gasteiger partial charge in [0, 0.05) is 0 Å². The van der Waals surface area contributed by atoms with E-state index < -0.39 is 6.09 Å². The molecule has 0 radical (unpaired) electrons. The van der Waals surface area contributed by atoms with Crippen LogP contribution in [-0.4, -0.2) is 6.09 Å². The van der Waals surface area contributed by atoms with Crippen molar-refractivity contribution in [3.8, 4) is 0 Å². The second kappa shape index (κ2) is 4.01. The summed E-state index contributed by atoms with van der Waals surface area (Å²) in [5, 5.41) is 8.67. The monoisotopic (exact) mass is 167 g/mol. The van der Waals surface area contributed by atoms with Crippen LogP contribution in [0.5, 0.6) is 0 Å². The van der Waals surface area contributed by atoms with Crippen molar-refractivity contribution < 1.29 is 32.3 Å². The molecule has 2 N–H and O–H groups in total. The Bertz CT molecular complexity index is 32.6. The van der Waals surface area contributed by atoms with Crippen LogP contribution in [0.3, 0.4) is 0 Å². The Balaban J connectivity index is 0. The maximum absolute atomic E-state index is 8.67. The number of carbonyl (C=O) groups is 1. The molecular weight excluding hydrogens is 166 g/mol. The van der Waals surface area contributed by atoms with Gasteiger partial charge in [-0.1, -0.05) is 0 Å². The molecule has 0 aromatic carbocycles. The van der Waals surface area contributed by atoms with Gasteiger partial charge in [0.1, 0.15) is 6.09 Å². The third-order valence-electron chi connectivity index (χ3n) is 0. The Hall–Kier alpha value is 0.0103. The van der Waals surface area contributed by atoms with Gasteiger partial charge in [-0.2, -0.15) is 0 Å². The van der Waals surface area contributed by atoms with Gasteiger partial charge in [0.2, 0.25) is 0 Å². The van der Waals surface area contributed by atoms with E-state index in [1.807, 2.05) is 0 Å². The summed E-state index contributed by atoms with van der Waals surface area (Å²) >= 11 is 0. The Morgan fingerprint density at radius 1 is 1.80 bits per heavy atom. The van der Waals surface area contributed by atoms with E-state index in [4.69, 9.17) is 9.90 Å². The molecule has 0 fully saturated rings. The number of carboxylic acid groups (broad SMARTS) is 1. The van der Waals surface area contributed by atoms with Gasteiger partial charge in [-0.3, -0.25) is 0 Å². The summed E-state index contributed by atoms with van der Waals surface area (Å²) < 4.78 is 0. The maximum Gasteiger partial charge on any atom is 1.00 e. The van der Waals surface area contributed by atoms with Crippen LogP contribution < -0.4 is 10.8 Å². The van der Waals surface area contributed by atoms with Gasteiger partial charge in [0.25, 0.3) is 0 Å². The molecule has 0 unspecified atom stereocenters. The number of nitrogens with two attached hydrogens (primary N) is 1. The van der Waals surface area contributed by atoms with Crippen LogP contribution in [0.15, 0.2) is 0 Å². The van der Waals surface area contributed by atoms with Crippen LogP contribution in [0.25, 0.3) is 0 Å². The summed E-state index contributed by atoms with van der Waals surface area (Å²) in [7, 11) is 0. The van der Waals surface area contributed by atoms with Crippen molar-refractivity contribution in [1.29, 1.82) is 0 Å². The summed E-state index contributed by atoms with van der Waals surface area (Å²) in [4.78, 5) is 8.67. The van der Waals surface area contributed by atoms with Crippen molar-refractivity contribution in [2.45, 2.75) is 0 Å². The van der Waals surface area contributed by atoms with E-state index in [1.54, 1.807) is 0 Å². The zero-order chi connectivity index (χ0) is 3.58. The van der Waals surface area contributed by atoms with Crippen molar-refractivity contribution in [3.05, 3.63) is 0 Å². The van der Waals surface area contributed by atoms with E-state index in [1.165, 1.54) is 0 Å². The Morgan fingerprint density at radius 3 is 1.80 bits per heavy atom. The van der Waals surface area contributed by atoms with Crippen molar-refractivity contribution >= 4 is 6.09 Å². The Morgan fingerprint density at radius 2 is 1.80 bits per heavy atom. The molecule has 0 bridgehead atoms. The predicted molar refractivity (Wildman–Crippen MR) is 9.58 cm³/mol. The fourth-order valence-electron chi connectivity index (χ4n) is 0. The number of amides is 1. The number of hydrogen-bond acceptors (Lipinski definition) is 2. The molecule has 0 heterocycles. The van der Waals surface area contributed by atoms with E-state index >= 15 is 0 Å². The average molecular weight is 168 g/mol. The van der Waals surface area contributed by atoms with Gasteiger partial charge in [0.05, 0.1) is 0 Å². The van der Waals surface area contributed by atoms with E-state index in [0.717, 1.165) is 0 Å². The molecule has 0 atom stereocenters. The molecule has 4 heteroatoms. The normalized spacial score (nSPS) is 4.80. The molecular formula is CH2AgNO2.